The second-order valence-electron chi connectivity index (χ2n) is 4.79. The van der Waals surface area contributed by atoms with Crippen LogP contribution in [-0.4, -0.2) is 28.7 Å². The molecule has 0 radical (unpaired) electrons. The van der Waals surface area contributed by atoms with E-state index in [1.54, 1.807) is 7.11 Å². The highest BCUT2D eigenvalue weighted by atomic mass is 16.5. The number of methoxy groups -OCH3 is 1. The Labute approximate surface area is 124 Å². The van der Waals surface area contributed by atoms with Gasteiger partial charge >= 0.3 is 6.01 Å². The van der Waals surface area contributed by atoms with Crippen LogP contribution in [0.15, 0.2) is 12.1 Å². The van der Waals surface area contributed by atoms with Crippen molar-refractivity contribution in [1.29, 1.82) is 0 Å². The van der Waals surface area contributed by atoms with Gasteiger partial charge in [0.05, 0.1) is 13.7 Å². The smallest absolute Gasteiger partial charge is 0.321 e. The highest BCUT2D eigenvalue weighted by molar-refractivity contribution is 5.64. The minimum absolute atomic E-state index is 0.152. The topological polar surface area (TPSA) is 83.2 Å². The number of ether oxygens (including phenoxy) is 2. The molecule has 112 valence electrons. The van der Waals surface area contributed by atoms with Gasteiger partial charge in [-0.05, 0) is 43.5 Å². The number of aromatic nitrogens is 3. The Bertz CT molecular complexity index is 644. The molecule has 0 bridgehead atoms. The van der Waals surface area contributed by atoms with E-state index < -0.39 is 0 Å². The quantitative estimate of drug-likeness (QED) is 0.910. The number of aryl methyl sites for hydroxylation is 2. The van der Waals surface area contributed by atoms with Crippen LogP contribution in [0.4, 0.5) is 5.95 Å². The highest BCUT2D eigenvalue weighted by Crippen LogP contribution is 2.28. The average Bonchev–Trinajstić information content (AvgIpc) is 2.46. The van der Waals surface area contributed by atoms with Crippen LogP contribution in [0.1, 0.15) is 24.5 Å². The summed E-state index contributed by atoms with van der Waals surface area (Å²) in [6.45, 7) is 6.51. The van der Waals surface area contributed by atoms with Crippen LogP contribution in [0.25, 0.3) is 11.4 Å². The van der Waals surface area contributed by atoms with Gasteiger partial charge in [-0.1, -0.05) is 6.92 Å². The summed E-state index contributed by atoms with van der Waals surface area (Å²) in [7, 11) is 1.65. The summed E-state index contributed by atoms with van der Waals surface area (Å²) >= 11 is 0. The maximum Gasteiger partial charge on any atom is 0.321 e. The van der Waals surface area contributed by atoms with Gasteiger partial charge in [-0.15, -0.1) is 0 Å². The molecule has 2 rings (SSSR count). The van der Waals surface area contributed by atoms with E-state index in [0.717, 1.165) is 28.9 Å². The first kappa shape index (κ1) is 15.0. The lowest BCUT2D eigenvalue weighted by Crippen LogP contribution is -2.06. The third-order valence-electron chi connectivity index (χ3n) is 3.05. The fraction of sp³-hybridized carbons (Fsp3) is 0.400. The fourth-order valence-electron chi connectivity index (χ4n) is 2.00. The van der Waals surface area contributed by atoms with E-state index in [1.165, 1.54) is 0 Å². The molecule has 2 aromatic rings. The summed E-state index contributed by atoms with van der Waals surface area (Å²) in [6, 6.07) is 4.19. The summed E-state index contributed by atoms with van der Waals surface area (Å²) in [5.41, 5.74) is 8.65. The predicted molar refractivity (Wildman–Crippen MR) is 81.5 cm³/mol. The van der Waals surface area contributed by atoms with E-state index in [-0.39, 0.29) is 12.0 Å². The Hall–Kier alpha value is -2.37. The van der Waals surface area contributed by atoms with E-state index in [9.17, 15) is 0 Å². The molecule has 1 aromatic carbocycles. The van der Waals surface area contributed by atoms with Gasteiger partial charge in [0, 0.05) is 5.56 Å². The third kappa shape index (κ3) is 3.39. The van der Waals surface area contributed by atoms with Gasteiger partial charge in [0.1, 0.15) is 5.75 Å². The maximum absolute atomic E-state index is 5.75. The monoisotopic (exact) mass is 288 g/mol. The SMILES string of the molecule is CCCOc1nc(N)nc(-c2cc(C)c(OC)cc2C)n1. The second-order valence-corrected chi connectivity index (χ2v) is 4.79. The molecule has 0 saturated carbocycles. The molecule has 0 aliphatic rings. The van der Waals surface area contributed by atoms with Crippen molar-refractivity contribution in [2.75, 3.05) is 19.5 Å². The minimum Gasteiger partial charge on any atom is -0.496 e. The molecule has 0 saturated heterocycles. The maximum atomic E-state index is 5.75. The number of nitrogens with zero attached hydrogens (tertiary/aromatic N) is 3. The van der Waals surface area contributed by atoms with Crippen LogP contribution in [0.3, 0.4) is 0 Å². The molecule has 6 nitrogen and oxygen atoms in total. The average molecular weight is 288 g/mol. The van der Waals surface area contributed by atoms with Crippen molar-refractivity contribution in [2.45, 2.75) is 27.2 Å². The van der Waals surface area contributed by atoms with E-state index in [4.69, 9.17) is 15.2 Å². The van der Waals surface area contributed by atoms with E-state index in [1.807, 2.05) is 32.9 Å². The molecule has 0 aliphatic carbocycles. The van der Waals surface area contributed by atoms with Gasteiger partial charge in [-0.3, -0.25) is 0 Å². The van der Waals surface area contributed by atoms with E-state index in [2.05, 4.69) is 15.0 Å². The molecule has 2 N–H and O–H groups in total. The van der Waals surface area contributed by atoms with Crippen molar-refractivity contribution in [3.8, 4) is 23.1 Å². The lowest BCUT2D eigenvalue weighted by atomic mass is 10.0. The molecule has 0 spiro atoms. The molecule has 1 heterocycles. The lowest BCUT2D eigenvalue weighted by molar-refractivity contribution is 0.292. The van der Waals surface area contributed by atoms with E-state index >= 15 is 0 Å². The van der Waals surface area contributed by atoms with Crippen LogP contribution in [0.5, 0.6) is 11.8 Å². The molecule has 6 heteroatoms. The third-order valence-corrected chi connectivity index (χ3v) is 3.05. The van der Waals surface area contributed by atoms with Gasteiger partial charge in [0.25, 0.3) is 0 Å². The standard InChI is InChI=1S/C15H20N4O2/c1-5-6-21-15-18-13(17-14(16)19-15)11-7-10(3)12(20-4)8-9(11)2/h7-8H,5-6H2,1-4H3,(H2,16,17,18,19). The highest BCUT2D eigenvalue weighted by Gasteiger charge is 2.12. The van der Waals surface area contributed by atoms with Gasteiger partial charge in [0.2, 0.25) is 5.95 Å². The molecule has 0 unspecified atom stereocenters. The Morgan fingerprint density at radius 3 is 2.52 bits per heavy atom. The molecular weight excluding hydrogens is 268 g/mol. The Kier molecular flexibility index (Phi) is 4.57. The number of rotatable bonds is 5. The number of nitrogens with two attached hydrogens (primary N) is 1. The minimum atomic E-state index is 0.152. The van der Waals surface area contributed by atoms with Crippen LogP contribution in [0.2, 0.25) is 0 Å². The summed E-state index contributed by atoms with van der Waals surface area (Å²) in [6.07, 6.45) is 0.877. The molecule has 0 aliphatic heterocycles. The van der Waals surface area contributed by atoms with Crippen molar-refractivity contribution in [3.05, 3.63) is 23.3 Å². The largest absolute Gasteiger partial charge is 0.496 e. The lowest BCUT2D eigenvalue weighted by Gasteiger charge is -2.11. The van der Waals surface area contributed by atoms with Crippen molar-refractivity contribution < 1.29 is 9.47 Å². The molecule has 0 amide bonds. The van der Waals surface area contributed by atoms with Crippen LogP contribution in [-0.2, 0) is 0 Å². The van der Waals surface area contributed by atoms with Crippen molar-refractivity contribution in [3.63, 3.8) is 0 Å². The number of anilines is 1. The summed E-state index contributed by atoms with van der Waals surface area (Å²) in [4.78, 5) is 12.5. The molecule has 1 aromatic heterocycles. The molecule has 0 fully saturated rings. The first-order chi connectivity index (χ1) is 10.0. The Morgan fingerprint density at radius 2 is 1.86 bits per heavy atom. The Balaban J connectivity index is 2.46. The summed E-state index contributed by atoms with van der Waals surface area (Å²) in [5.74, 6) is 1.50. The van der Waals surface area contributed by atoms with Crippen LogP contribution >= 0.6 is 0 Å². The summed E-state index contributed by atoms with van der Waals surface area (Å²) in [5, 5.41) is 0. The summed E-state index contributed by atoms with van der Waals surface area (Å²) < 4.78 is 10.8. The number of benzene rings is 1. The molecule has 0 atom stereocenters. The zero-order chi connectivity index (χ0) is 15.4. The number of hydrogen-bond acceptors (Lipinski definition) is 6. The first-order valence-electron chi connectivity index (χ1n) is 6.85. The van der Waals surface area contributed by atoms with Gasteiger partial charge in [0.15, 0.2) is 5.82 Å². The Morgan fingerprint density at radius 1 is 1.10 bits per heavy atom. The zero-order valence-corrected chi connectivity index (χ0v) is 12.8. The fourth-order valence-corrected chi connectivity index (χ4v) is 2.00. The van der Waals surface area contributed by atoms with Crippen LogP contribution < -0.4 is 15.2 Å². The van der Waals surface area contributed by atoms with Crippen molar-refractivity contribution in [2.24, 2.45) is 0 Å². The van der Waals surface area contributed by atoms with Gasteiger partial charge in [-0.25, -0.2) is 0 Å². The normalized spacial score (nSPS) is 10.5. The van der Waals surface area contributed by atoms with Gasteiger partial charge < -0.3 is 15.2 Å². The number of hydrogen-bond donors (Lipinski definition) is 1. The zero-order valence-electron chi connectivity index (χ0n) is 12.8. The van der Waals surface area contributed by atoms with Crippen molar-refractivity contribution in [1.82, 2.24) is 15.0 Å². The second kappa shape index (κ2) is 6.39. The first-order valence-corrected chi connectivity index (χ1v) is 6.85. The van der Waals surface area contributed by atoms with Crippen LogP contribution in [0, 0.1) is 13.8 Å². The molecule has 21 heavy (non-hydrogen) atoms. The predicted octanol–water partition coefficient (Wildman–Crippen LogP) is 2.54. The van der Waals surface area contributed by atoms with E-state index in [0.29, 0.717) is 12.4 Å². The van der Waals surface area contributed by atoms with Crippen molar-refractivity contribution >= 4 is 5.95 Å². The van der Waals surface area contributed by atoms with Gasteiger partial charge in [-0.2, -0.15) is 15.0 Å². The number of nitrogen functional groups attached to an aromatic ring is 1. The molecular formula is C15H20N4O2.